The van der Waals surface area contributed by atoms with Crippen LogP contribution >= 0.6 is 23.1 Å². The molecule has 2 aromatic carbocycles. The molecule has 0 bridgehead atoms. The lowest BCUT2D eigenvalue weighted by molar-refractivity contribution is -0.128. The number of hydrogen-bond donors (Lipinski definition) is 0. The highest BCUT2D eigenvalue weighted by Crippen LogP contribution is 2.30. The van der Waals surface area contributed by atoms with Crippen molar-refractivity contribution < 1.29 is 13.6 Å². The molecule has 130 valence electrons. The molecule has 0 aliphatic carbocycles. The average Bonchev–Trinajstić information content (AvgIpc) is 3.03. The van der Waals surface area contributed by atoms with Gasteiger partial charge in [-0.25, -0.2) is 13.8 Å². The van der Waals surface area contributed by atoms with E-state index < -0.39 is 11.6 Å². The zero-order valence-corrected chi connectivity index (χ0v) is 15.3. The zero-order chi connectivity index (χ0) is 18.0. The number of carbonyl (C=O) groups is 1. The normalized spacial score (nSPS) is 12.3. The van der Waals surface area contributed by atoms with Gasteiger partial charge in [0.1, 0.15) is 0 Å². The fourth-order valence-corrected chi connectivity index (χ4v) is 4.34. The van der Waals surface area contributed by atoms with Crippen LogP contribution in [-0.4, -0.2) is 28.6 Å². The first kappa shape index (κ1) is 17.8. The predicted molar refractivity (Wildman–Crippen MR) is 97.9 cm³/mol. The Hall–Kier alpha value is -1.99. The summed E-state index contributed by atoms with van der Waals surface area (Å²) < 4.78 is 28.4. The van der Waals surface area contributed by atoms with Crippen molar-refractivity contribution >= 4 is 39.2 Å². The third kappa shape index (κ3) is 3.99. The quantitative estimate of drug-likeness (QED) is 0.593. The van der Waals surface area contributed by atoms with Crippen LogP contribution in [0.5, 0.6) is 0 Å². The second kappa shape index (κ2) is 7.49. The molecule has 1 atom stereocenters. The van der Waals surface area contributed by atoms with Gasteiger partial charge in [0.25, 0.3) is 0 Å². The van der Waals surface area contributed by atoms with E-state index in [0.717, 1.165) is 26.7 Å². The van der Waals surface area contributed by atoms with Crippen LogP contribution in [0.2, 0.25) is 0 Å². The molecule has 0 fully saturated rings. The van der Waals surface area contributed by atoms with Gasteiger partial charge < -0.3 is 4.90 Å². The molecule has 7 heteroatoms. The number of hydrogen-bond acceptors (Lipinski definition) is 4. The SMILES string of the molecule is CC(c1ccc(F)c(F)c1)N(C)C(=O)CSc1nc2ccccc2s1. The lowest BCUT2D eigenvalue weighted by Crippen LogP contribution is -2.31. The highest BCUT2D eigenvalue weighted by Gasteiger charge is 2.19. The van der Waals surface area contributed by atoms with Gasteiger partial charge in [-0.2, -0.15) is 0 Å². The molecular formula is C18H16F2N2OS2. The Morgan fingerprint density at radius 3 is 2.72 bits per heavy atom. The van der Waals surface area contributed by atoms with Crippen molar-refractivity contribution in [1.82, 2.24) is 9.88 Å². The Kier molecular flexibility index (Phi) is 5.34. The van der Waals surface area contributed by atoms with Gasteiger partial charge in [0, 0.05) is 7.05 Å². The topological polar surface area (TPSA) is 33.2 Å². The number of halogens is 2. The molecule has 3 nitrogen and oxygen atoms in total. The van der Waals surface area contributed by atoms with Crippen LogP contribution in [0.1, 0.15) is 18.5 Å². The van der Waals surface area contributed by atoms with Crippen molar-refractivity contribution in [3.05, 3.63) is 59.7 Å². The van der Waals surface area contributed by atoms with Crippen molar-refractivity contribution in [2.75, 3.05) is 12.8 Å². The largest absolute Gasteiger partial charge is 0.338 e. The fraction of sp³-hybridized carbons (Fsp3) is 0.222. The fourth-order valence-electron chi connectivity index (χ4n) is 2.35. The number of nitrogens with zero attached hydrogens (tertiary/aromatic N) is 2. The molecule has 25 heavy (non-hydrogen) atoms. The van der Waals surface area contributed by atoms with E-state index in [4.69, 9.17) is 0 Å². The van der Waals surface area contributed by atoms with Crippen molar-refractivity contribution in [1.29, 1.82) is 0 Å². The number of benzene rings is 2. The first-order valence-corrected chi connectivity index (χ1v) is 9.45. The summed E-state index contributed by atoms with van der Waals surface area (Å²) in [4.78, 5) is 18.4. The molecule has 1 unspecified atom stereocenters. The minimum absolute atomic E-state index is 0.0958. The lowest BCUT2D eigenvalue weighted by atomic mass is 10.1. The molecule has 3 aromatic rings. The van der Waals surface area contributed by atoms with Crippen molar-refractivity contribution in [3.63, 3.8) is 0 Å². The summed E-state index contributed by atoms with van der Waals surface area (Å²) in [5, 5.41) is 0. The average molecular weight is 378 g/mol. The van der Waals surface area contributed by atoms with E-state index in [0.29, 0.717) is 5.56 Å². The maximum Gasteiger partial charge on any atom is 0.233 e. The first-order chi connectivity index (χ1) is 12.0. The molecule has 0 saturated heterocycles. The monoisotopic (exact) mass is 378 g/mol. The van der Waals surface area contributed by atoms with Crippen LogP contribution in [0.25, 0.3) is 10.2 Å². The summed E-state index contributed by atoms with van der Waals surface area (Å²) in [7, 11) is 1.66. The van der Waals surface area contributed by atoms with E-state index in [1.807, 2.05) is 24.3 Å². The Balaban J connectivity index is 1.64. The molecule has 0 N–H and O–H groups in total. The summed E-state index contributed by atoms with van der Waals surface area (Å²) in [6.45, 7) is 1.78. The van der Waals surface area contributed by atoms with E-state index >= 15 is 0 Å². The minimum Gasteiger partial charge on any atom is -0.338 e. The zero-order valence-electron chi connectivity index (χ0n) is 13.7. The summed E-state index contributed by atoms with van der Waals surface area (Å²) in [5.74, 6) is -1.66. The van der Waals surface area contributed by atoms with Crippen LogP contribution in [0, 0.1) is 11.6 Å². The summed E-state index contributed by atoms with van der Waals surface area (Å²) in [5.41, 5.74) is 1.48. The number of para-hydroxylation sites is 1. The Morgan fingerprint density at radius 2 is 2.00 bits per heavy atom. The summed E-state index contributed by atoms with van der Waals surface area (Å²) >= 11 is 2.93. The number of amides is 1. The van der Waals surface area contributed by atoms with Crippen molar-refractivity contribution in [2.24, 2.45) is 0 Å². The van der Waals surface area contributed by atoms with Gasteiger partial charge in [-0.3, -0.25) is 4.79 Å². The second-order valence-electron chi connectivity index (χ2n) is 5.59. The molecule has 3 rings (SSSR count). The number of fused-ring (bicyclic) bond motifs is 1. The van der Waals surface area contributed by atoms with E-state index in [1.54, 1.807) is 25.3 Å². The smallest absolute Gasteiger partial charge is 0.233 e. The molecule has 1 aromatic heterocycles. The van der Waals surface area contributed by atoms with Gasteiger partial charge in [-0.1, -0.05) is 30.0 Å². The van der Waals surface area contributed by atoms with Gasteiger partial charge >= 0.3 is 0 Å². The number of carbonyl (C=O) groups excluding carboxylic acids is 1. The van der Waals surface area contributed by atoms with Crippen LogP contribution in [0.3, 0.4) is 0 Å². The summed E-state index contributed by atoms with van der Waals surface area (Å²) in [6.07, 6.45) is 0. The van der Waals surface area contributed by atoms with Crippen molar-refractivity contribution in [2.45, 2.75) is 17.3 Å². The lowest BCUT2D eigenvalue weighted by Gasteiger charge is -2.25. The highest BCUT2D eigenvalue weighted by molar-refractivity contribution is 8.01. The highest BCUT2D eigenvalue weighted by atomic mass is 32.2. The number of thiazole rings is 1. The number of rotatable bonds is 5. The van der Waals surface area contributed by atoms with Gasteiger partial charge in [0.05, 0.1) is 22.0 Å². The summed E-state index contributed by atoms with van der Waals surface area (Å²) in [6, 6.07) is 11.2. The molecule has 0 aliphatic rings. The van der Waals surface area contributed by atoms with E-state index in [9.17, 15) is 13.6 Å². The van der Waals surface area contributed by atoms with Gasteiger partial charge in [0.2, 0.25) is 5.91 Å². The van der Waals surface area contributed by atoms with Gasteiger partial charge in [-0.05, 0) is 36.8 Å². The van der Waals surface area contributed by atoms with E-state index in [1.165, 1.54) is 22.7 Å². The molecular weight excluding hydrogens is 362 g/mol. The minimum atomic E-state index is -0.908. The van der Waals surface area contributed by atoms with E-state index in [2.05, 4.69) is 4.98 Å². The van der Waals surface area contributed by atoms with Gasteiger partial charge in [-0.15, -0.1) is 11.3 Å². The molecule has 1 amide bonds. The van der Waals surface area contributed by atoms with Crippen LogP contribution in [0.4, 0.5) is 8.78 Å². The maximum absolute atomic E-state index is 13.4. The van der Waals surface area contributed by atoms with Crippen LogP contribution < -0.4 is 0 Å². The second-order valence-corrected chi connectivity index (χ2v) is 7.84. The number of thioether (sulfide) groups is 1. The van der Waals surface area contributed by atoms with E-state index in [-0.39, 0.29) is 17.7 Å². The Morgan fingerprint density at radius 1 is 1.24 bits per heavy atom. The molecule has 0 spiro atoms. The maximum atomic E-state index is 13.4. The Labute approximate surface area is 152 Å². The Bertz CT molecular complexity index is 880. The van der Waals surface area contributed by atoms with Crippen LogP contribution in [-0.2, 0) is 4.79 Å². The predicted octanol–water partition coefficient (Wildman–Crippen LogP) is 4.89. The third-order valence-electron chi connectivity index (χ3n) is 3.99. The van der Waals surface area contributed by atoms with Crippen LogP contribution in [0.15, 0.2) is 46.8 Å². The standard InChI is InChI=1S/C18H16F2N2OS2/c1-11(12-7-8-13(19)14(20)9-12)22(2)17(23)10-24-18-21-15-5-3-4-6-16(15)25-18/h3-9,11H,10H2,1-2H3. The molecule has 0 radical (unpaired) electrons. The molecule has 0 aliphatic heterocycles. The molecule has 1 heterocycles. The first-order valence-electron chi connectivity index (χ1n) is 7.64. The van der Waals surface area contributed by atoms with Crippen molar-refractivity contribution in [3.8, 4) is 0 Å². The number of aromatic nitrogens is 1. The van der Waals surface area contributed by atoms with Gasteiger partial charge in [0.15, 0.2) is 16.0 Å². The third-order valence-corrected chi connectivity index (χ3v) is 6.16. The molecule has 0 saturated carbocycles.